The minimum absolute atomic E-state index is 0.620. The molecule has 0 aliphatic carbocycles. The summed E-state index contributed by atoms with van der Waals surface area (Å²) in [6.45, 7) is 4.90. The van der Waals surface area contributed by atoms with Gasteiger partial charge in [-0.25, -0.2) is 0 Å². The fourth-order valence-electron chi connectivity index (χ4n) is 2.55. The highest BCUT2D eigenvalue weighted by molar-refractivity contribution is 6.31. The van der Waals surface area contributed by atoms with Crippen LogP contribution >= 0.6 is 11.6 Å². The number of rotatable bonds is 4. The van der Waals surface area contributed by atoms with Gasteiger partial charge in [0.05, 0.1) is 6.20 Å². The van der Waals surface area contributed by atoms with E-state index in [9.17, 15) is 0 Å². The average Bonchev–Trinajstić information content (AvgIpc) is 2.55. The molecule has 1 aliphatic heterocycles. The van der Waals surface area contributed by atoms with Crippen LogP contribution in [0.3, 0.4) is 0 Å². The Balaban J connectivity index is 1.65. The number of nitrogens with one attached hydrogen (secondary N) is 1. The molecule has 0 amide bonds. The van der Waals surface area contributed by atoms with Crippen LogP contribution < -0.4 is 10.2 Å². The Labute approximate surface area is 135 Å². The van der Waals surface area contributed by atoms with Gasteiger partial charge in [-0.05, 0) is 30.4 Å². The molecule has 1 N–H and O–H groups in total. The van der Waals surface area contributed by atoms with Gasteiger partial charge >= 0.3 is 0 Å². The number of nitrogens with zero attached hydrogens (tertiary/aromatic N) is 4. The third-order valence-electron chi connectivity index (χ3n) is 4.03. The maximum atomic E-state index is 6.16. The molecule has 0 bridgehead atoms. The molecule has 3 rings (SSSR count). The van der Waals surface area contributed by atoms with Gasteiger partial charge in [0.1, 0.15) is 0 Å². The summed E-state index contributed by atoms with van der Waals surface area (Å²) in [5.74, 6) is 2.21. The van der Waals surface area contributed by atoms with E-state index in [4.69, 9.17) is 11.6 Å². The molecule has 0 atom stereocenters. The summed E-state index contributed by atoms with van der Waals surface area (Å²) in [5, 5.41) is 12.2. The van der Waals surface area contributed by atoms with Crippen LogP contribution in [0.1, 0.15) is 25.3 Å². The molecule has 1 saturated heterocycles. The Bertz CT molecular complexity index is 625. The van der Waals surface area contributed by atoms with Crippen LogP contribution in [-0.2, 0) is 6.54 Å². The van der Waals surface area contributed by atoms with Crippen LogP contribution in [-0.4, -0.2) is 28.3 Å². The van der Waals surface area contributed by atoms with Crippen molar-refractivity contribution < 1.29 is 0 Å². The third-order valence-corrected chi connectivity index (χ3v) is 4.40. The largest absolute Gasteiger partial charge is 0.364 e. The first-order valence-corrected chi connectivity index (χ1v) is 8.02. The van der Waals surface area contributed by atoms with Crippen LogP contribution in [0.2, 0.25) is 5.02 Å². The molecule has 2 aromatic rings. The first-order valence-electron chi connectivity index (χ1n) is 7.64. The summed E-state index contributed by atoms with van der Waals surface area (Å²) in [6, 6.07) is 7.78. The van der Waals surface area contributed by atoms with Crippen molar-refractivity contribution in [3.8, 4) is 0 Å². The fourth-order valence-corrected chi connectivity index (χ4v) is 2.75. The van der Waals surface area contributed by atoms with E-state index in [1.165, 1.54) is 12.8 Å². The molecule has 1 aromatic heterocycles. The minimum atomic E-state index is 0.620. The quantitative estimate of drug-likeness (QED) is 0.937. The molecule has 5 nitrogen and oxygen atoms in total. The van der Waals surface area contributed by atoms with Gasteiger partial charge in [-0.1, -0.05) is 36.7 Å². The predicted octanol–water partition coefficient (Wildman–Crippen LogP) is 3.37. The van der Waals surface area contributed by atoms with E-state index < -0.39 is 0 Å². The van der Waals surface area contributed by atoms with Crippen molar-refractivity contribution in [1.29, 1.82) is 0 Å². The van der Waals surface area contributed by atoms with Gasteiger partial charge in [-0.2, -0.15) is 10.1 Å². The first kappa shape index (κ1) is 15.0. The van der Waals surface area contributed by atoms with Gasteiger partial charge in [-0.3, -0.25) is 0 Å². The second-order valence-corrected chi connectivity index (χ2v) is 6.16. The SMILES string of the molecule is CC1CCN(c2nncc(NCc3ccccc3Cl)n2)CC1. The van der Waals surface area contributed by atoms with Gasteiger partial charge < -0.3 is 10.2 Å². The van der Waals surface area contributed by atoms with Crippen molar-refractivity contribution in [3.05, 3.63) is 41.0 Å². The number of piperidine rings is 1. The van der Waals surface area contributed by atoms with E-state index in [-0.39, 0.29) is 0 Å². The maximum absolute atomic E-state index is 6.16. The first-order chi connectivity index (χ1) is 10.7. The zero-order valence-electron chi connectivity index (χ0n) is 12.7. The van der Waals surface area contributed by atoms with Crippen LogP contribution in [0.15, 0.2) is 30.5 Å². The van der Waals surface area contributed by atoms with Crippen LogP contribution in [0.25, 0.3) is 0 Å². The van der Waals surface area contributed by atoms with Gasteiger partial charge in [0.15, 0.2) is 5.82 Å². The summed E-state index contributed by atoms with van der Waals surface area (Å²) < 4.78 is 0. The molecular formula is C16H20ClN5. The van der Waals surface area contributed by atoms with Crippen molar-refractivity contribution in [2.24, 2.45) is 5.92 Å². The molecular weight excluding hydrogens is 298 g/mol. The summed E-state index contributed by atoms with van der Waals surface area (Å²) in [5.41, 5.74) is 1.04. The van der Waals surface area contributed by atoms with Gasteiger partial charge in [0.2, 0.25) is 5.95 Å². The lowest BCUT2D eigenvalue weighted by molar-refractivity contribution is 0.433. The lowest BCUT2D eigenvalue weighted by Gasteiger charge is -2.29. The molecule has 22 heavy (non-hydrogen) atoms. The van der Waals surface area contributed by atoms with E-state index in [1.807, 2.05) is 24.3 Å². The molecule has 116 valence electrons. The van der Waals surface area contributed by atoms with E-state index in [0.29, 0.717) is 12.5 Å². The van der Waals surface area contributed by atoms with E-state index in [0.717, 1.165) is 35.4 Å². The molecule has 1 fully saturated rings. The standard InChI is InChI=1S/C16H20ClN5/c1-12-6-8-22(9-7-12)16-20-15(11-19-21-16)18-10-13-4-2-3-5-14(13)17/h2-5,11-12H,6-10H2,1H3,(H,18,20,21). The molecule has 1 aromatic carbocycles. The van der Waals surface area contributed by atoms with Gasteiger partial charge in [0, 0.05) is 24.7 Å². The smallest absolute Gasteiger partial charge is 0.247 e. The molecule has 1 aliphatic rings. The Morgan fingerprint density at radius 1 is 1.27 bits per heavy atom. The Kier molecular flexibility index (Phi) is 4.73. The molecule has 6 heteroatoms. The number of halogens is 1. The predicted molar refractivity (Wildman–Crippen MR) is 89.2 cm³/mol. The van der Waals surface area contributed by atoms with E-state index in [1.54, 1.807) is 6.20 Å². The highest BCUT2D eigenvalue weighted by atomic mass is 35.5. The number of benzene rings is 1. The summed E-state index contributed by atoms with van der Waals surface area (Å²) in [4.78, 5) is 6.77. The summed E-state index contributed by atoms with van der Waals surface area (Å²) >= 11 is 6.16. The third kappa shape index (κ3) is 3.65. The second kappa shape index (κ2) is 6.92. The topological polar surface area (TPSA) is 53.9 Å². The second-order valence-electron chi connectivity index (χ2n) is 5.76. The van der Waals surface area contributed by atoms with Crippen LogP contribution in [0.4, 0.5) is 11.8 Å². The number of aromatic nitrogens is 3. The normalized spacial score (nSPS) is 15.8. The number of anilines is 2. The van der Waals surface area contributed by atoms with E-state index >= 15 is 0 Å². The van der Waals surface area contributed by atoms with Crippen LogP contribution in [0, 0.1) is 5.92 Å². The zero-order valence-corrected chi connectivity index (χ0v) is 13.4. The van der Waals surface area contributed by atoms with Crippen LogP contribution in [0.5, 0.6) is 0 Å². The fraction of sp³-hybridized carbons (Fsp3) is 0.438. The van der Waals surface area contributed by atoms with Gasteiger partial charge in [0.25, 0.3) is 0 Å². The monoisotopic (exact) mass is 317 g/mol. The Morgan fingerprint density at radius 2 is 2.05 bits per heavy atom. The highest BCUT2D eigenvalue weighted by Gasteiger charge is 2.18. The summed E-state index contributed by atoms with van der Waals surface area (Å²) in [6.07, 6.45) is 4.01. The lowest BCUT2D eigenvalue weighted by atomic mass is 10.00. The molecule has 0 spiro atoms. The van der Waals surface area contributed by atoms with Crippen molar-refractivity contribution in [2.45, 2.75) is 26.3 Å². The van der Waals surface area contributed by atoms with Crippen molar-refractivity contribution >= 4 is 23.4 Å². The molecule has 0 radical (unpaired) electrons. The van der Waals surface area contributed by atoms with E-state index in [2.05, 4.69) is 32.3 Å². The van der Waals surface area contributed by atoms with Crippen molar-refractivity contribution in [1.82, 2.24) is 15.2 Å². The number of hydrogen-bond donors (Lipinski definition) is 1. The molecule has 2 heterocycles. The number of hydrogen-bond acceptors (Lipinski definition) is 5. The Hall–Kier alpha value is -1.88. The van der Waals surface area contributed by atoms with Crippen molar-refractivity contribution in [3.63, 3.8) is 0 Å². The molecule has 0 saturated carbocycles. The summed E-state index contributed by atoms with van der Waals surface area (Å²) in [7, 11) is 0. The maximum Gasteiger partial charge on any atom is 0.247 e. The average molecular weight is 318 g/mol. The van der Waals surface area contributed by atoms with Gasteiger partial charge in [-0.15, -0.1) is 5.10 Å². The molecule has 0 unspecified atom stereocenters. The van der Waals surface area contributed by atoms with Crippen molar-refractivity contribution in [2.75, 3.05) is 23.3 Å². The zero-order chi connectivity index (χ0) is 15.4. The lowest BCUT2D eigenvalue weighted by Crippen LogP contribution is -2.34. The highest BCUT2D eigenvalue weighted by Crippen LogP contribution is 2.21. The Morgan fingerprint density at radius 3 is 2.82 bits per heavy atom. The minimum Gasteiger partial charge on any atom is -0.364 e.